The van der Waals surface area contributed by atoms with E-state index in [9.17, 15) is 9.59 Å². The summed E-state index contributed by atoms with van der Waals surface area (Å²) in [5, 5.41) is 10.7. The van der Waals surface area contributed by atoms with E-state index in [1.165, 1.54) is 18.3 Å². The summed E-state index contributed by atoms with van der Waals surface area (Å²) in [7, 11) is 0. The molecule has 3 aromatic carbocycles. The average molecular weight is 303 g/mol. The fourth-order valence-corrected chi connectivity index (χ4v) is 2.33. The van der Waals surface area contributed by atoms with Gasteiger partial charge in [0.1, 0.15) is 0 Å². The lowest BCUT2D eigenvalue weighted by molar-refractivity contribution is 0.0696. The Morgan fingerprint density at radius 1 is 0.870 bits per heavy atom. The largest absolute Gasteiger partial charge is 0.478 e. The first kappa shape index (κ1) is 14.7. The van der Waals surface area contributed by atoms with Crippen molar-refractivity contribution in [1.82, 2.24) is 0 Å². The summed E-state index contributed by atoms with van der Waals surface area (Å²) in [5.74, 6) is -1.18. The van der Waals surface area contributed by atoms with Gasteiger partial charge in [-0.2, -0.15) is 0 Å². The lowest BCUT2D eigenvalue weighted by Crippen LogP contribution is -2.01. The van der Waals surface area contributed by atoms with E-state index in [4.69, 9.17) is 5.11 Å². The van der Waals surface area contributed by atoms with E-state index in [2.05, 4.69) is 4.99 Å². The van der Waals surface area contributed by atoms with Crippen LogP contribution in [0.2, 0.25) is 0 Å². The fraction of sp³-hybridized carbons (Fsp3) is 0. The maximum Gasteiger partial charge on any atom is 0.335 e. The fourth-order valence-electron chi connectivity index (χ4n) is 2.33. The number of hydrogen-bond acceptors (Lipinski definition) is 3. The van der Waals surface area contributed by atoms with Gasteiger partial charge in [-0.3, -0.25) is 9.79 Å². The zero-order valence-corrected chi connectivity index (χ0v) is 12.1. The quantitative estimate of drug-likeness (QED) is 0.582. The van der Waals surface area contributed by atoms with Gasteiger partial charge in [0.25, 0.3) is 0 Å². The van der Waals surface area contributed by atoms with Gasteiger partial charge in [-0.15, -0.1) is 0 Å². The number of hydrogen-bond donors (Lipinski definition) is 1. The normalized spacial score (nSPS) is 11.0. The molecule has 0 saturated heterocycles. The van der Waals surface area contributed by atoms with E-state index in [0.29, 0.717) is 11.3 Å². The second-order valence-electron chi connectivity index (χ2n) is 5.00. The number of nitrogens with zero attached hydrogens (tertiary/aromatic N) is 1. The summed E-state index contributed by atoms with van der Waals surface area (Å²) in [6.07, 6.45) is 1.26. The van der Waals surface area contributed by atoms with Crippen molar-refractivity contribution in [2.45, 2.75) is 0 Å². The van der Waals surface area contributed by atoms with Crippen LogP contribution in [0, 0.1) is 0 Å². The van der Waals surface area contributed by atoms with Crippen LogP contribution in [0.25, 0.3) is 10.8 Å². The highest BCUT2D eigenvalue weighted by molar-refractivity contribution is 6.38. The zero-order chi connectivity index (χ0) is 16.2. The van der Waals surface area contributed by atoms with Gasteiger partial charge >= 0.3 is 5.97 Å². The van der Waals surface area contributed by atoms with E-state index in [1.54, 1.807) is 18.2 Å². The van der Waals surface area contributed by atoms with Crippen LogP contribution < -0.4 is 0 Å². The van der Waals surface area contributed by atoms with Crippen molar-refractivity contribution in [2.24, 2.45) is 4.99 Å². The molecule has 0 spiro atoms. The minimum absolute atomic E-state index is 0.185. The number of Topliss-reactive ketones (excluding diaryl/α,β-unsaturated/α-hetero) is 1. The van der Waals surface area contributed by atoms with Gasteiger partial charge < -0.3 is 5.11 Å². The Bertz CT molecular complexity index is 906. The molecule has 1 N–H and O–H groups in total. The van der Waals surface area contributed by atoms with Crippen molar-refractivity contribution in [3.05, 3.63) is 77.9 Å². The van der Waals surface area contributed by atoms with Crippen molar-refractivity contribution < 1.29 is 14.7 Å². The van der Waals surface area contributed by atoms with Crippen LogP contribution in [0.1, 0.15) is 20.7 Å². The molecule has 0 fully saturated rings. The Morgan fingerprint density at radius 3 is 2.30 bits per heavy atom. The van der Waals surface area contributed by atoms with Crippen molar-refractivity contribution in [2.75, 3.05) is 0 Å². The number of ketones is 1. The summed E-state index contributed by atoms with van der Waals surface area (Å²) < 4.78 is 0. The molecule has 112 valence electrons. The summed E-state index contributed by atoms with van der Waals surface area (Å²) in [5.41, 5.74) is 1.31. The first-order chi connectivity index (χ1) is 11.1. The van der Waals surface area contributed by atoms with Crippen LogP contribution in [0.4, 0.5) is 5.69 Å². The molecule has 23 heavy (non-hydrogen) atoms. The second-order valence-corrected chi connectivity index (χ2v) is 5.00. The van der Waals surface area contributed by atoms with Crippen LogP contribution in [0.3, 0.4) is 0 Å². The lowest BCUT2D eigenvalue weighted by atomic mass is 10.0. The lowest BCUT2D eigenvalue weighted by Gasteiger charge is -2.02. The number of fused-ring (bicyclic) bond motifs is 1. The maximum absolute atomic E-state index is 12.4. The minimum Gasteiger partial charge on any atom is -0.478 e. The summed E-state index contributed by atoms with van der Waals surface area (Å²) in [6.45, 7) is 0. The Balaban J connectivity index is 1.87. The molecule has 0 aromatic heterocycles. The third-order valence-corrected chi connectivity index (χ3v) is 3.50. The number of carbonyl (C=O) groups is 2. The molecular formula is C19H13NO3. The molecule has 0 aliphatic heterocycles. The molecule has 0 atom stereocenters. The van der Waals surface area contributed by atoms with Crippen LogP contribution in [-0.4, -0.2) is 23.1 Å². The molecular weight excluding hydrogens is 290 g/mol. The monoisotopic (exact) mass is 303 g/mol. The second kappa shape index (κ2) is 6.23. The van der Waals surface area contributed by atoms with Crippen molar-refractivity contribution in [3.63, 3.8) is 0 Å². The van der Waals surface area contributed by atoms with Gasteiger partial charge in [-0.05, 0) is 35.0 Å². The Morgan fingerprint density at radius 2 is 1.57 bits per heavy atom. The Kier molecular flexibility index (Phi) is 3.97. The van der Waals surface area contributed by atoms with Gasteiger partial charge in [-0.25, -0.2) is 4.79 Å². The van der Waals surface area contributed by atoms with Gasteiger partial charge in [0.2, 0.25) is 5.78 Å². The average Bonchev–Trinajstić information content (AvgIpc) is 2.59. The first-order valence-corrected chi connectivity index (χ1v) is 7.05. The molecule has 0 aliphatic carbocycles. The van der Waals surface area contributed by atoms with Gasteiger partial charge in [0, 0.05) is 5.56 Å². The highest BCUT2D eigenvalue weighted by Crippen LogP contribution is 2.19. The highest BCUT2D eigenvalue weighted by Gasteiger charge is 2.07. The zero-order valence-electron chi connectivity index (χ0n) is 12.1. The summed E-state index contributed by atoms with van der Waals surface area (Å²) >= 11 is 0. The van der Waals surface area contributed by atoms with E-state index >= 15 is 0 Å². The summed E-state index contributed by atoms with van der Waals surface area (Å²) in [6, 6.07) is 19.3. The number of rotatable bonds is 4. The van der Waals surface area contributed by atoms with E-state index in [-0.39, 0.29) is 11.3 Å². The number of carboxylic acid groups (broad SMARTS) is 1. The highest BCUT2D eigenvalue weighted by atomic mass is 16.4. The predicted molar refractivity (Wildman–Crippen MR) is 89.8 cm³/mol. The standard InChI is InChI=1S/C19H13NO3/c21-18(12-20-15-10-8-14(9-11-15)19(22)23)17-7-3-5-13-4-1-2-6-16(13)17/h1-12H,(H,22,23). The number of aromatic carboxylic acids is 1. The Hall–Kier alpha value is -3.27. The van der Waals surface area contributed by atoms with Crippen molar-refractivity contribution in [1.29, 1.82) is 0 Å². The molecule has 3 rings (SSSR count). The summed E-state index contributed by atoms with van der Waals surface area (Å²) in [4.78, 5) is 27.3. The maximum atomic E-state index is 12.4. The number of benzene rings is 3. The van der Waals surface area contributed by atoms with E-state index < -0.39 is 5.97 Å². The van der Waals surface area contributed by atoms with Crippen molar-refractivity contribution in [3.8, 4) is 0 Å². The molecule has 0 bridgehead atoms. The van der Waals surface area contributed by atoms with Crippen LogP contribution in [-0.2, 0) is 0 Å². The third kappa shape index (κ3) is 3.16. The first-order valence-electron chi connectivity index (χ1n) is 7.05. The van der Waals surface area contributed by atoms with E-state index in [1.807, 2.05) is 36.4 Å². The molecule has 0 saturated carbocycles. The molecule has 4 nitrogen and oxygen atoms in total. The molecule has 0 radical (unpaired) electrons. The van der Waals surface area contributed by atoms with Crippen LogP contribution in [0.5, 0.6) is 0 Å². The smallest absolute Gasteiger partial charge is 0.335 e. The molecule has 0 heterocycles. The van der Waals surface area contributed by atoms with Crippen molar-refractivity contribution >= 4 is 34.4 Å². The van der Waals surface area contributed by atoms with E-state index in [0.717, 1.165) is 10.8 Å². The topological polar surface area (TPSA) is 66.7 Å². The third-order valence-electron chi connectivity index (χ3n) is 3.50. The van der Waals surface area contributed by atoms with Crippen LogP contribution >= 0.6 is 0 Å². The molecule has 4 heteroatoms. The predicted octanol–water partition coefficient (Wildman–Crippen LogP) is 4.12. The molecule has 0 amide bonds. The molecule has 0 unspecified atom stereocenters. The number of carboxylic acids is 1. The minimum atomic E-state index is -0.993. The SMILES string of the molecule is O=C(O)c1ccc(N=CC(=O)c2cccc3ccccc23)cc1. The van der Waals surface area contributed by atoms with Gasteiger partial charge in [-0.1, -0.05) is 42.5 Å². The number of carbonyl (C=O) groups excluding carboxylic acids is 1. The number of aliphatic imine (C=N–C) groups is 1. The molecule has 0 aliphatic rings. The Labute approximate surface area is 132 Å². The molecule has 3 aromatic rings. The van der Waals surface area contributed by atoms with Gasteiger partial charge in [0.15, 0.2) is 0 Å². The van der Waals surface area contributed by atoms with Crippen LogP contribution in [0.15, 0.2) is 71.7 Å². The van der Waals surface area contributed by atoms with Gasteiger partial charge in [0.05, 0.1) is 17.5 Å².